The van der Waals surface area contributed by atoms with Gasteiger partial charge in [0.25, 0.3) is 0 Å². The maximum absolute atomic E-state index is 6.72. The smallest absolute Gasteiger partial charge is 0.164 e. The quantitative estimate of drug-likeness (QED) is 0.179. The molecule has 10 aromatic carbocycles. The van der Waals surface area contributed by atoms with Crippen molar-refractivity contribution in [1.82, 2.24) is 19.5 Å². The predicted molar refractivity (Wildman–Crippen MR) is 248 cm³/mol. The highest BCUT2D eigenvalue weighted by Gasteiger charge is 2.21. The number of nitrogens with zero attached hydrogens (tertiary/aromatic N) is 4. The van der Waals surface area contributed by atoms with E-state index in [1.807, 2.05) is 0 Å². The molecule has 0 amide bonds. The van der Waals surface area contributed by atoms with E-state index < -0.39 is 0 Å². The zero-order chi connectivity index (χ0) is 39.3. The van der Waals surface area contributed by atoms with Crippen LogP contribution in [0.5, 0.6) is 0 Å². The lowest BCUT2D eigenvalue weighted by atomic mass is 10.00. The van der Waals surface area contributed by atoms with Gasteiger partial charge in [-0.05, 0) is 85.6 Å². The van der Waals surface area contributed by atoms with Crippen LogP contribution in [0.3, 0.4) is 0 Å². The number of furan rings is 1. The molecule has 60 heavy (non-hydrogen) atoms. The van der Waals surface area contributed by atoms with Gasteiger partial charge in [-0.1, -0.05) is 152 Å². The lowest BCUT2D eigenvalue weighted by molar-refractivity contribution is 0.669. The van der Waals surface area contributed by atoms with Gasteiger partial charge in [-0.3, -0.25) is 0 Å². The molecule has 0 saturated carbocycles. The first-order valence-electron chi connectivity index (χ1n) is 20.3. The van der Waals surface area contributed by atoms with Gasteiger partial charge in [0, 0.05) is 32.8 Å². The minimum Gasteiger partial charge on any atom is -0.456 e. The third kappa shape index (κ3) is 4.90. The summed E-state index contributed by atoms with van der Waals surface area (Å²) < 4.78 is 9.13. The molecule has 0 atom stereocenters. The van der Waals surface area contributed by atoms with Crippen molar-refractivity contribution in [3.8, 4) is 39.9 Å². The molecule has 5 heteroatoms. The van der Waals surface area contributed by atoms with Gasteiger partial charge >= 0.3 is 0 Å². The molecule has 5 nitrogen and oxygen atoms in total. The summed E-state index contributed by atoms with van der Waals surface area (Å²) in [6, 6.07) is 68.6. The van der Waals surface area contributed by atoms with Crippen LogP contribution in [0.4, 0.5) is 0 Å². The summed E-state index contributed by atoms with van der Waals surface area (Å²) in [6.45, 7) is 0. The molecular weight excluding hydrogens is 733 g/mol. The second kappa shape index (κ2) is 12.7. The average Bonchev–Trinajstić information content (AvgIpc) is 3.86. The Bertz CT molecular complexity index is 3810. The Hall–Kier alpha value is -8.15. The van der Waals surface area contributed by atoms with E-state index >= 15 is 0 Å². The summed E-state index contributed by atoms with van der Waals surface area (Å²) in [4.78, 5) is 15.7. The van der Waals surface area contributed by atoms with Crippen LogP contribution in [0.1, 0.15) is 0 Å². The van der Waals surface area contributed by atoms with Crippen LogP contribution in [0.15, 0.2) is 199 Å². The summed E-state index contributed by atoms with van der Waals surface area (Å²) >= 11 is 0. The number of hydrogen-bond donors (Lipinski definition) is 0. The fraction of sp³-hybridized carbons (Fsp3) is 0. The van der Waals surface area contributed by atoms with Crippen LogP contribution < -0.4 is 0 Å². The van der Waals surface area contributed by atoms with Crippen LogP contribution in [-0.2, 0) is 0 Å². The molecular formula is C55H32N4O. The molecule has 278 valence electrons. The molecule has 3 heterocycles. The van der Waals surface area contributed by atoms with Gasteiger partial charge < -0.3 is 8.98 Å². The molecule has 0 aliphatic rings. The van der Waals surface area contributed by atoms with Gasteiger partial charge in [0.05, 0.1) is 22.1 Å². The zero-order valence-electron chi connectivity index (χ0n) is 32.2. The highest BCUT2D eigenvalue weighted by Crippen LogP contribution is 2.43. The van der Waals surface area contributed by atoms with E-state index in [2.05, 4.69) is 199 Å². The number of benzene rings is 10. The molecule has 13 aromatic rings. The normalized spacial score (nSPS) is 12.0. The third-order valence-electron chi connectivity index (χ3n) is 12.2. The molecule has 0 unspecified atom stereocenters. The SMILES string of the molecule is c1ccc2cc3c(cc2c1)c1ccccc1n3-c1cccc2oc3ccc4ccc(-c5nc(-c6cccc7ccccc67)nc(-c6cccc7ccccc67)n5)cc4c3c12. The lowest BCUT2D eigenvalue weighted by Crippen LogP contribution is -2.01. The van der Waals surface area contributed by atoms with E-state index in [4.69, 9.17) is 19.4 Å². The first kappa shape index (κ1) is 32.9. The van der Waals surface area contributed by atoms with Gasteiger partial charge in [-0.25, -0.2) is 15.0 Å². The zero-order valence-corrected chi connectivity index (χ0v) is 32.2. The van der Waals surface area contributed by atoms with Crippen molar-refractivity contribution in [3.63, 3.8) is 0 Å². The van der Waals surface area contributed by atoms with Gasteiger partial charge in [0.1, 0.15) is 11.2 Å². The minimum atomic E-state index is 0.608. The van der Waals surface area contributed by atoms with Gasteiger partial charge in [-0.15, -0.1) is 0 Å². The van der Waals surface area contributed by atoms with Crippen molar-refractivity contribution >= 4 is 86.8 Å². The number of fused-ring (bicyclic) bond motifs is 11. The number of para-hydroxylation sites is 1. The van der Waals surface area contributed by atoms with Crippen LogP contribution in [0, 0.1) is 0 Å². The number of rotatable bonds is 4. The Morgan fingerprint density at radius 2 is 0.883 bits per heavy atom. The molecule has 0 radical (unpaired) electrons. The Morgan fingerprint density at radius 1 is 0.333 bits per heavy atom. The highest BCUT2D eigenvalue weighted by atomic mass is 16.3. The summed E-state index contributed by atoms with van der Waals surface area (Å²) in [5.41, 5.74) is 7.87. The minimum absolute atomic E-state index is 0.608. The first-order chi connectivity index (χ1) is 29.7. The summed E-state index contributed by atoms with van der Waals surface area (Å²) in [6.07, 6.45) is 0. The van der Waals surface area contributed by atoms with Crippen molar-refractivity contribution in [2.45, 2.75) is 0 Å². The number of hydrogen-bond acceptors (Lipinski definition) is 4. The van der Waals surface area contributed by atoms with E-state index in [9.17, 15) is 0 Å². The van der Waals surface area contributed by atoms with E-state index in [-0.39, 0.29) is 0 Å². The van der Waals surface area contributed by atoms with Crippen molar-refractivity contribution in [1.29, 1.82) is 0 Å². The molecule has 0 aliphatic carbocycles. The molecule has 3 aromatic heterocycles. The highest BCUT2D eigenvalue weighted by molar-refractivity contribution is 6.23. The second-order valence-corrected chi connectivity index (χ2v) is 15.6. The van der Waals surface area contributed by atoms with Crippen LogP contribution in [0.2, 0.25) is 0 Å². The molecule has 0 bridgehead atoms. The average molecular weight is 765 g/mol. The topological polar surface area (TPSA) is 56.7 Å². The Balaban J connectivity index is 1.09. The van der Waals surface area contributed by atoms with Crippen molar-refractivity contribution in [2.75, 3.05) is 0 Å². The van der Waals surface area contributed by atoms with Gasteiger partial charge in [0.2, 0.25) is 0 Å². The third-order valence-corrected chi connectivity index (χ3v) is 12.2. The largest absolute Gasteiger partial charge is 0.456 e. The van der Waals surface area contributed by atoms with E-state index in [0.29, 0.717) is 17.5 Å². The monoisotopic (exact) mass is 764 g/mol. The van der Waals surface area contributed by atoms with Crippen molar-refractivity contribution in [2.24, 2.45) is 0 Å². The Morgan fingerprint density at radius 3 is 1.62 bits per heavy atom. The lowest BCUT2D eigenvalue weighted by Gasteiger charge is -2.12. The molecule has 0 N–H and O–H groups in total. The molecule has 0 fully saturated rings. The fourth-order valence-corrected chi connectivity index (χ4v) is 9.44. The second-order valence-electron chi connectivity index (χ2n) is 15.6. The predicted octanol–water partition coefficient (Wildman–Crippen LogP) is 14.5. The number of aromatic nitrogens is 4. The van der Waals surface area contributed by atoms with Gasteiger partial charge in [0.15, 0.2) is 17.5 Å². The molecule has 0 aliphatic heterocycles. The van der Waals surface area contributed by atoms with Crippen LogP contribution in [0.25, 0.3) is 127 Å². The molecule has 0 spiro atoms. The van der Waals surface area contributed by atoms with E-state index in [1.165, 1.54) is 21.5 Å². The fourth-order valence-electron chi connectivity index (χ4n) is 9.44. The maximum atomic E-state index is 6.72. The van der Waals surface area contributed by atoms with Crippen LogP contribution >= 0.6 is 0 Å². The van der Waals surface area contributed by atoms with E-state index in [0.717, 1.165) is 87.7 Å². The molecule has 13 rings (SSSR count). The first-order valence-corrected chi connectivity index (χ1v) is 20.3. The Kier molecular flexibility index (Phi) is 6.95. The van der Waals surface area contributed by atoms with Crippen molar-refractivity contribution in [3.05, 3.63) is 194 Å². The maximum Gasteiger partial charge on any atom is 0.164 e. The summed E-state index contributed by atoms with van der Waals surface area (Å²) in [5.74, 6) is 1.87. The van der Waals surface area contributed by atoms with Crippen molar-refractivity contribution < 1.29 is 4.42 Å². The standard InChI is InChI=1S/C55H32N4O/c1-2-15-37-32-48-45(30-36(37)14-1)41-20-7-8-23-46(41)59(48)47-24-11-25-49-52(47)51-44-31-38(27-26-35(44)28-29-50(51)60-49)53-56-54(42-21-9-16-33-12-3-5-18-39(33)42)58-55(57-53)43-22-10-17-34-13-4-6-19-40(34)43/h1-32H. The molecule has 0 saturated heterocycles. The van der Waals surface area contributed by atoms with Crippen LogP contribution in [-0.4, -0.2) is 19.5 Å². The van der Waals surface area contributed by atoms with E-state index in [1.54, 1.807) is 0 Å². The summed E-state index contributed by atoms with van der Waals surface area (Å²) in [5, 5.41) is 13.6. The Labute approximate surface area is 343 Å². The summed E-state index contributed by atoms with van der Waals surface area (Å²) in [7, 11) is 0. The van der Waals surface area contributed by atoms with Gasteiger partial charge in [-0.2, -0.15) is 0 Å².